The number of carbonyl (C=O) groups excluding carboxylic acids is 1. The Morgan fingerprint density at radius 3 is 2.41 bits per heavy atom. The zero-order chi connectivity index (χ0) is 27.7. The van der Waals surface area contributed by atoms with Crippen LogP contribution in [0.15, 0.2) is 30.5 Å². The fourth-order valence-corrected chi connectivity index (χ4v) is 4.57. The van der Waals surface area contributed by atoms with Crippen molar-refractivity contribution in [3.8, 4) is 22.6 Å². The van der Waals surface area contributed by atoms with Crippen LogP contribution >= 0.6 is 11.6 Å². The SMILES string of the molecule is CC.CC.COc1cc(OC)c(Cl)c(-c2ccc3nc(NC4CNC(C(=O)N(C)C)C4)ncc3c2)c1C. The standard InChI is InChI=1S/C24H28ClN5O3.2C2H6/c1-13-19(32-4)10-20(33-5)22(25)21(13)14-6-7-17-15(8-14)11-27-24(29-17)28-16-9-18(26-12-16)23(31)30(2)3;2*1-2/h6-8,10-11,16,18,26H,9,12H2,1-5H3,(H,27,28,29);2*1-2H3. The van der Waals surface area contributed by atoms with E-state index in [0.29, 0.717) is 35.4 Å². The fourth-order valence-electron chi connectivity index (χ4n) is 4.19. The first-order valence-electron chi connectivity index (χ1n) is 12.7. The van der Waals surface area contributed by atoms with Gasteiger partial charge in [-0.15, -0.1) is 0 Å². The molecule has 4 rings (SSSR count). The zero-order valence-corrected chi connectivity index (χ0v) is 24.2. The number of fused-ring (bicyclic) bond motifs is 1. The van der Waals surface area contributed by atoms with Gasteiger partial charge in [-0.2, -0.15) is 0 Å². The third kappa shape index (κ3) is 6.81. The van der Waals surface area contributed by atoms with Gasteiger partial charge in [0.1, 0.15) is 11.5 Å². The van der Waals surface area contributed by atoms with Crippen LogP contribution in [-0.4, -0.2) is 67.7 Å². The van der Waals surface area contributed by atoms with E-state index in [4.69, 9.17) is 21.1 Å². The van der Waals surface area contributed by atoms with Gasteiger partial charge in [0.15, 0.2) is 0 Å². The molecular formula is C28H40ClN5O3. The molecule has 1 fully saturated rings. The second kappa shape index (κ2) is 14.0. The number of nitrogens with one attached hydrogen (secondary N) is 2. The van der Waals surface area contributed by atoms with E-state index in [9.17, 15) is 4.79 Å². The molecule has 8 nitrogen and oxygen atoms in total. The van der Waals surface area contributed by atoms with E-state index in [-0.39, 0.29) is 18.0 Å². The molecular weight excluding hydrogens is 490 g/mol. The Bertz CT molecular complexity index is 1170. The van der Waals surface area contributed by atoms with Gasteiger partial charge >= 0.3 is 0 Å². The highest BCUT2D eigenvalue weighted by molar-refractivity contribution is 6.35. The van der Waals surface area contributed by atoms with Gasteiger partial charge in [-0.25, -0.2) is 9.97 Å². The van der Waals surface area contributed by atoms with Crippen molar-refractivity contribution < 1.29 is 14.3 Å². The molecule has 0 bridgehead atoms. The number of hydrogen-bond donors (Lipinski definition) is 2. The summed E-state index contributed by atoms with van der Waals surface area (Å²) in [6.45, 7) is 10.6. The third-order valence-electron chi connectivity index (χ3n) is 5.95. The number of rotatable bonds is 6. The first-order chi connectivity index (χ1) is 17.8. The maximum absolute atomic E-state index is 12.2. The number of methoxy groups -OCH3 is 2. The number of aromatic nitrogens is 2. The van der Waals surface area contributed by atoms with E-state index < -0.39 is 0 Å². The largest absolute Gasteiger partial charge is 0.496 e. The van der Waals surface area contributed by atoms with Gasteiger partial charge in [0.2, 0.25) is 11.9 Å². The van der Waals surface area contributed by atoms with E-state index in [1.165, 1.54) is 0 Å². The van der Waals surface area contributed by atoms with Crippen LogP contribution in [0, 0.1) is 6.92 Å². The van der Waals surface area contributed by atoms with Gasteiger partial charge in [0.05, 0.1) is 30.8 Å². The second-order valence-electron chi connectivity index (χ2n) is 8.33. The topological polar surface area (TPSA) is 88.6 Å². The molecule has 2 aromatic carbocycles. The molecule has 1 aliphatic rings. The van der Waals surface area contributed by atoms with E-state index >= 15 is 0 Å². The minimum Gasteiger partial charge on any atom is -0.496 e. The van der Waals surface area contributed by atoms with Gasteiger partial charge in [0, 0.05) is 55.5 Å². The van der Waals surface area contributed by atoms with Crippen molar-refractivity contribution in [1.29, 1.82) is 0 Å². The van der Waals surface area contributed by atoms with Crippen LogP contribution in [-0.2, 0) is 4.79 Å². The number of anilines is 1. The predicted molar refractivity (Wildman–Crippen MR) is 153 cm³/mol. The lowest BCUT2D eigenvalue weighted by Gasteiger charge is -2.17. The van der Waals surface area contributed by atoms with Crippen molar-refractivity contribution in [2.45, 2.75) is 53.1 Å². The highest BCUT2D eigenvalue weighted by Crippen LogP contribution is 2.43. The summed E-state index contributed by atoms with van der Waals surface area (Å²) in [7, 11) is 6.74. The maximum atomic E-state index is 12.2. The molecule has 2 heterocycles. The molecule has 1 aliphatic heterocycles. The zero-order valence-electron chi connectivity index (χ0n) is 23.4. The minimum atomic E-state index is -0.187. The van der Waals surface area contributed by atoms with Crippen LogP contribution < -0.4 is 20.1 Å². The molecule has 1 amide bonds. The number of ether oxygens (including phenoxy) is 2. The molecule has 2 atom stereocenters. The van der Waals surface area contributed by atoms with E-state index in [0.717, 1.165) is 27.6 Å². The quantitative estimate of drug-likeness (QED) is 0.432. The van der Waals surface area contributed by atoms with Crippen molar-refractivity contribution in [1.82, 2.24) is 20.2 Å². The Morgan fingerprint density at radius 1 is 1.11 bits per heavy atom. The first kappa shape index (κ1) is 30.1. The summed E-state index contributed by atoms with van der Waals surface area (Å²) < 4.78 is 10.9. The van der Waals surface area contributed by atoms with Gasteiger partial charge in [-0.05, 0) is 31.0 Å². The monoisotopic (exact) mass is 529 g/mol. The second-order valence-corrected chi connectivity index (χ2v) is 8.71. The van der Waals surface area contributed by atoms with Crippen molar-refractivity contribution >= 4 is 34.4 Å². The molecule has 2 unspecified atom stereocenters. The van der Waals surface area contributed by atoms with Gasteiger partial charge < -0.3 is 25.0 Å². The van der Waals surface area contributed by atoms with Crippen LogP contribution in [0.3, 0.4) is 0 Å². The predicted octanol–water partition coefficient (Wildman–Crippen LogP) is 5.56. The fraction of sp³-hybridized carbons (Fsp3) is 0.464. The van der Waals surface area contributed by atoms with E-state index in [1.807, 2.05) is 52.8 Å². The Hall–Kier alpha value is -3.10. The molecule has 1 aromatic heterocycles. The van der Waals surface area contributed by atoms with Crippen LogP contribution in [0.5, 0.6) is 11.5 Å². The molecule has 2 N–H and O–H groups in total. The number of carbonyl (C=O) groups is 1. The molecule has 9 heteroatoms. The lowest BCUT2D eigenvalue weighted by atomic mass is 9.98. The van der Waals surface area contributed by atoms with Crippen molar-refractivity contribution in [3.05, 3.63) is 41.0 Å². The Labute approximate surface area is 225 Å². The average Bonchev–Trinajstić information content (AvgIpc) is 3.39. The normalized spacial score (nSPS) is 16.2. The highest BCUT2D eigenvalue weighted by atomic mass is 35.5. The summed E-state index contributed by atoms with van der Waals surface area (Å²) in [5.41, 5.74) is 3.52. The van der Waals surface area contributed by atoms with Crippen molar-refractivity contribution in [3.63, 3.8) is 0 Å². The summed E-state index contributed by atoms with van der Waals surface area (Å²) >= 11 is 6.65. The van der Waals surface area contributed by atoms with Gasteiger partial charge in [-0.3, -0.25) is 4.79 Å². The maximum Gasteiger partial charge on any atom is 0.239 e. The molecule has 37 heavy (non-hydrogen) atoms. The molecule has 0 saturated carbocycles. The highest BCUT2D eigenvalue weighted by Gasteiger charge is 2.30. The lowest BCUT2D eigenvalue weighted by Crippen LogP contribution is -2.39. The smallest absolute Gasteiger partial charge is 0.239 e. The van der Waals surface area contributed by atoms with Gasteiger partial charge in [0.25, 0.3) is 0 Å². The summed E-state index contributed by atoms with van der Waals surface area (Å²) in [5, 5.41) is 8.02. The average molecular weight is 530 g/mol. The molecule has 0 radical (unpaired) electrons. The summed E-state index contributed by atoms with van der Waals surface area (Å²) in [4.78, 5) is 22.9. The van der Waals surface area contributed by atoms with E-state index in [1.54, 1.807) is 45.5 Å². The molecule has 1 saturated heterocycles. The Morgan fingerprint density at radius 2 is 1.78 bits per heavy atom. The summed E-state index contributed by atoms with van der Waals surface area (Å²) in [6, 6.07) is 7.63. The Kier molecular flexibility index (Phi) is 11.4. The number of halogens is 1. The van der Waals surface area contributed by atoms with Crippen molar-refractivity contribution in [2.75, 3.05) is 40.2 Å². The van der Waals surface area contributed by atoms with Gasteiger partial charge in [-0.1, -0.05) is 45.4 Å². The molecule has 0 aliphatic carbocycles. The molecule has 202 valence electrons. The number of amides is 1. The van der Waals surface area contributed by atoms with Crippen molar-refractivity contribution in [2.24, 2.45) is 0 Å². The lowest BCUT2D eigenvalue weighted by molar-refractivity contribution is -0.130. The minimum absolute atomic E-state index is 0.0781. The third-order valence-corrected chi connectivity index (χ3v) is 6.33. The summed E-state index contributed by atoms with van der Waals surface area (Å²) in [5.74, 6) is 1.88. The molecule has 3 aromatic rings. The van der Waals surface area contributed by atoms with E-state index in [2.05, 4.69) is 20.6 Å². The summed E-state index contributed by atoms with van der Waals surface area (Å²) in [6.07, 6.45) is 2.48. The Balaban J connectivity index is 0.00000115. The van der Waals surface area contributed by atoms with Crippen LogP contribution in [0.2, 0.25) is 5.02 Å². The number of benzene rings is 2. The first-order valence-corrected chi connectivity index (χ1v) is 13.1. The van der Waals surface area contributed by atoms with Crippen LogP contribution in [0.25, 0.3) is 22.0 Å². The van der Waals surface area contributed by atoms with Crippen LogP contribution in [0.4, 0.5) is 5.95 Å². The number of likely N-dealkylation sites (N-methyl/N-ethyl adjacent to an activating group) is 1. The number of nitrogens with zero attached hydrogens (tertiary/aromatic N) is 3. The molecule has 0 spiro atoms. The number of hydrogen-bond acceptors (Lipinski definition) is 7. The van der Waals surface area contributed by atoms with Crippen LogP contribution in [0.1, 0.15) is 39.7 Å².